The number of rotatable bonds is 5. The molecule has 1 aliphatic heterocycles. The van der Waals surface area contributed by atoms with E-state index in [9.17, 15) is 14.3 Å². The molecule has 0 bridgehead atoms. The Labute approximate surface area is 177 Å². The number of anilines is 1. The van der Waals surface area contributed by atoms with Crippen molar-refractivity contribution >= 4 is 34.0 Å². The maximum Gasteiger partial charge on any atom is 0.307 e. The number of aliphatic carboxylic acids is 1. The molecule has 0 saturated heterocycles. The van der Waals surface area contributed by atoms with Crippen LogP contribution in [0.25, 0.3) is 22.0 Å². The molecule has 5 rings (SSSR count). The van der Waals surface area contributed by atoms with E-state index in [2.05, 4.69) is 9.55 Å². The number of carbonyl (C=O) groups is 1. The molecule has 1 atom stereocenters. The van der Waals surface area contributed by atoms with E-state index in [1.807, 2.05) is 30.1 Å². The summed E-state index contributed by atoms with van der Waals surface area (Å²) < 4.78 is 26.9. The van der Waals surface area contributed by atoms with Crippen molar-refractivity contribution in [3.8, 4) is 5.75 Å². The molecule has 0 saturated carbocycles. The summed E-state index contributed by atoms with van der Waals surface area (Å²) in [5.74, 6) is -0.497. The second kappa shape index (κ2) is 7.30. The van der Waals surface area contributed by atoms with Gasteiger partial charge in [-0.15, -0.1) is 0 Å². The van der Waals surface area contributed by atoms with Gasteiger partial charge in [0.15, 0.2) is 5.58 Å². The van der Waals surface area contributed by atoms with Gasteiger partial charge in [-0.2, -0.15) is 4.98 Å². The molecule has 2 aromatic heterocycles. The Morgan fingerprint density at radius 3 is 2.97 bits per heavy atom. The molecule has 0 fully saturated rings. The number of methoxy groups -OCH3 is 1. The molecule has 0 spiro atoms. The first-order valence-corrected chi connectivity index (χ1v) is 10.1. The number of carboxylic acid groups (broad SMARTS) is 1. The summed E-state index contributed by atoms with van der Waals surface area (Å²) >= 11 is 0. The maximum atomic E-state index is 13.5. The molecule has 1 aliphatic rings. The highest BCUT2D eigenvalue weighted by molar-refractivity contribution is 5.90. The monoisotopic (exact) mass is 423 g/mol. The number of fused-ring (bicyclic) bond motifs is 4. The van der Waals surface area contributed by atoms with E-state index >= 15 is 0 Å². The van der Waals surface area contributed by atoms with Crippen molar-refractivity contribution in [1.29, 1.82) is 0 Å². The van der Waals surface area contributed by atoms with Gasteiger partial charge in [-0.1, -0.05) is 0 Å². The molecule has 7 nitrogen and oxygen atoms in total. The molecule has 2 aromatic carbocycles. The van der Waals surface area contributed by atoms with Crippen molar-refractivity contribution in [2.24, 2.45) is 0 Å². The van der Waals surface area contributed by atoms with Crippen LogP contribution in [0.3, 0.4) is 0 Å². The third-order valence-corrected chi connectivity index (χ3v) is 6.12. The first kappa shape index (κ1) is 19.4. The summed E-state index contributed by atoms with van der Waals surface area (Å²) in [5.41, 5.74) is 3.92. The smallest absolute Gasteiger partial charge is 0.307 e. The minimum Gasteiger partial charge on any atom is -0.497 e. The van der Waals surface area contributed by atoms with Gasteiger partial charge in [-0.05, 0) is 48.7 Å². The zero-order valence-corrected chi connectivity index (χ0v) is 17.3. The standard InChI is InChI=1S/C23H22FN3O4/c1-26(23-25-18-9-13(24)3-8-21(18)31-23)14-4-6-19-17(11-22(28)29)16-10-15(30-2)5-7-20(16)27(19)12-14/h3,5,7-10,14H,4,6,11-12H2,1-2H3,(H,28,29). The number of benzene rings is 2. The normalized spacial score (nSPS) is 15.9. The number of nitrogens with zero attached hydrogens (tertiary/aromatic N) is 3. The summed E-state index contributed by atoms with van der Waals surface area (Å²) in [5, 5.41) is 10.4. The van der Waals surface area contributed by atoms with Crippen molar-refractivity contribution in [3.05, 3.63) is 53.5 Å². The Bertz CT molecular complexity index is 1310. The largest absolute Gasteiger partial charge is 0.497 e. The highest BCUT2D eigenvalue weighted by Crippen LogP contribution is 2.35. The first-order chi connectivity index (χ1) is 14.9. The predicted octanol–water partition coefficient (Wildman–Crippen LogP) is 4.01. The number of aromatic nitrogens is 2. The van der Waals surface area contributed by atoms with Gasteiger partial charge < -0.3 is 23.7 Å². The van der Waals surface area contributed by atoms with Gasteiger partial charge in [0.25, 0.3) is 6.01 Å². The van der Waals surface area contributed by atoms with Crippen molar-refractivity contribution in [3.63, 3.8) is 0 Å². The number of oxazole rings is 1. The van der Waals surface area contributed by atoms with Gasteiger partial charge in [0.05, 0.1) is 19.6 Å². The minimum absolute atomic E-state index is 0.0246. The van der Waals surface area contributed by atoms with Crippen LogP contribution in [0.15, 0.2) is 40.8 Å². The van der Waals surface area contributed by atoms with Gasteiger partial charge in [-0.25, -0.2) is 4.39 Å². The molecule has 0 amide bonds. The van der Waals surface area contributed by atoms with E-state index in [-0.39, 0.29) is 18.3 Å². The molecule has 3 heterocycles. The summed E-state index contributed by atoms with van der Waals surface area (Å²) in [6.45, 7) is 0.668. The highest BCUT2D eigenvalue weighted by atomic mass is 19.1. The van der Waals surface area contributed by atoms with E-state index in [1.165, 1.54) is 12.1 Å². The van der Waals surface area contributed by atoms with Crippen LogP contribution in [-0.4, -0.2) is 40.8 Å². The number of hydrogen-bond donors (Lipinski definition) is 1. The molecular formula is C23H22FN3O4. The third-order valence-electron chi connectivity index (χ3n) is 6.12. The first-order valence-electron chi connectivity index (χ1n) is 10.1. The molecule has 1 N–H and O–H groups in total. The Balaban J connectivity index is 1.52. The quantitative estimate of drug-likeness (QED) is 0.523. The van der Waals surface area contributed by atoms with Gasteiger partial charge in [0.1, 0.15) is 17.1 Å². The topological polar surface area (TPSA) is 80.7 Å². The fourth-order valence-corrected chi connectivity index (χ4v) is 4.54. The summed E-state index contributed by atoms with van der Waals surface area (Å²) in [6.07, 6.45) is 1.54. The Hall–Kier alpha value is -3.55. The van der Waals surface area contributed by atoms with Crippen molar-refractivity contribution in [2.75, 3.05) is 19.1 Å². The van der Waals surface area contributed by atoms with Gasteiger partial charge in [-0.3, -0.25) is 4.79 Å². The van der Waals surface area contributed by atoms with Crippen LogP contribution < -0.4 is 9.64 Å². The lowest BCUT2D eigenvalue weighted by atomic mass is 9.99. The van der Waals surface area contributed by atoms with Gasteiger partial charge >= 0.3 is 5.97 Å². The van der Waals surface area contributed by atoms with E-state index in [0.29, 0.717) is 29.4 Å². The van der Waals surface area contributed by atoms with E-state index in [4.69, 9.17) is 9.15 Å². The lowest BCUT2D eigenvalue weighted by molar-refractivity contribution is -0.136. The second-order valence-electron chi connectivity index (χ2n) is 7.90. The molecule has 0 radical (unpaired) electrons. The van der Waals surface area contributed by atoms with Crippen LogP contribution >= 0.6 is 0 Å². The fraction of sp³-hybridized carbons (Fsp3) is 0.304. The zero-order valence-electron chi connectivity index (χ0n) is 17.3. The van der Waals surface area contributed by atoms with E-state index in [0.717, 1.165) is 35.0 Å². The number of halogens is 1. The number of ether oxygens (including phenoxy) is 1. The molecular weight excluding hydrogens is 401 g/mol. The number of carboxylic acids is 1. The average Bonchev–Trinajstić information content (AvgIpc) is 3.31. The van der Waals surface area contributed by atoms with Crippen LogP contribution in [0, 0.1) is 5.82 Å². The number of likely N-dealkylation sites (N-methyl/N-ethyl adjacent to an activating group) is 1. The van der Waals surface area contributed by atoms with Gasteiger partial charge in [0.2, 0.25) is 0 Å². The van der Waals surface area contributed by atoms with Crippen molar-refractivity contribution in [2.45, 2.75) is 31.8 Å². The highest BCUT2D eigenvalue weighted by Gasteiger charge is 2.29. The van der Waals surface area contributed by atoms with Crippen LogP contribution in [0.4, 0.5) is 10.4 Å². The summed E-state index contributed by atoms with van der Waals surface area (Å²) in [6, 6.07) is 10.6. The lowest BCUT2D eigenvalue weighted by Gasteiger charge is -2.32. The molecule has 0 aliphatic carbocycles. The van der Waals surface area contributed by atoms with Crippen LogP contribution in [-0.2, 0) is 24.2 Å². The molecule has 31 heavy (non-hydrogen) atoms. The van der Waals surface area contributed by atoms with Crippen molar-refractivity contribution in [1.82, 2.24) is 9.55 Å². The Kier molecular flexibility index (Phi) is 4.57. The molecule has 8 heteroatoms. The lowest BCUT2D eigenvalue weighted by Crippen LogP contribution is -2.39. The maximum absolute atomic E-state index is 13.5. The Morgan fingerprint density at radius 1 is 1.35 bits per heavy atom. The number of hydrogen-bond acceptors (Lipinski definition) is 5. The molecule has 4 aromatic rings. The summed E-state index contributed by atoms with van der Waals surface area (Å²) in [4.78, 5) is 18.0. The second-order valence-corrected chi connectivity index (χ2v) is 7.90. The van der Waals surface area contributed by atoms with Crippen LogP contribution in [0.1, 0.15) is 17.7 Å². The van der Waals surface area contributed by atoms with E-state index < -0.39 is 5.97 Å². The van der Waals surface area contributed by atoms with Gasteiger partial charge in [0, 0.05) is 36.3 Å². The van der Waals surface area contributed by atoms with E-state index in [1.54, 1.807) is 13.2 Å². The SMILES string of the molecule is COc1ccc2c(c1)c(CC(=O)O)c1n2CC(N(C)c2nc3cc(F)ccc3o2)CC1. The predicted molar refractivity (Wildman–Crippen MR) is 114 cm³/mol. The molecule has 160 valence electrons. The average molecular weight is 423 g/mol. The van der Waals surface area contributed by atoms with Crippen molar-refractivity contribution < 1.29 is 23.4 Å². The van der Waals surface area contributed by atoms with Crippen LogP contribution in [0.2, 0.25) is 0 Å². The molecule has 1 unspecified atom stereocenters. The third kappa shape index (κ3) is 3.28. The fourth-order valence-electron chi connectivity index (χ4n) is 4.54. The van der Waals surface area contributed by atoms with Crippen LogP contribution in [0.5, 0.6) is 5.75 Å². The zero-order chi connectivity index (χ0) is 21.7. The Morgan fingerprint density at radius 2 is 2.19 bits per heavy atom. The minimum atomic E-state index is -0.851. The summed E-state index contributed by atoms with van der Waals surface area (Å²) in [7, 11) is 3.52.